The Kier molecular flexibility index (Phi) is 5.96. The second-order valence-electron chi connectivity index (χ2n) is 6.34. The van der Waals surface area contributed by atoms with Crippen LogP contribution in [0.2, 0.25) is 0 Å². The maximum Gasteiger partial charge on any atom is 0.306 e. The zero-order chi connectivity index (χ0) is 17.5. The van der Waals surface area contributed by atoms with Gasteiger partial charge in [-0.1, -0.05) is 54.6 Å². The van der Waals surface area contributed by atoms with E-state index < -0.39 is 0 Å². The van der Waals surface area contributed by atoms with Gasteiger partial charge in [0.15, 0.2) is 5.78 Å². The molecule has 3 rings (SSSR count). The molecule has 130 valence electrons. The molecule has 0 bridgehead atoms. The fourth-order valence-electron chi connectivity index (χ4n) is 3.00. The predicted octanol–water partition coefficient (Wildman–Crippen LogP) is 3.61. The van der Waals surface area contributed by atoms with E-state index in [0.717, 1.165) is 30.5 Å². The molecule has 4 heteroatoms. The largest absolute Gasteiger partial charge is 0.464 e. The van der Waals surface area contributed by atoms with Gasteiger partial charge in [-0.25, -0.2) is 0 Å². The highest BCUT2D eigenvalue weighted by atomic mass is 16.5. The number of ether oxygens (including phenoxy) is 1. The summed E-state index contributed by atoms with van der Waals surface area (Å²) in [6, 6.07) is 17.8. The lowest BCUT2D eigenvalue weighted by Crippen LogP contribution is -2.28. The Morgan fingerprint density at radius 3 is 2.36 bits per heavy atom. The molecule has 1 aliphatic rings. The van der Waals surface area contributed by atoms with Gasteiger partial charge in [0, 0.05) is 18.0 Å². The number of hydrogen-bond acceptors (Lipinski definition) is 4. The molecule has 1 atom stereocenters. The molecule has 1 saturated heterocycles. The number of esters is 1. The minimum absolute atomic E-state index is 0.0319. The van der Waals surface area contributed by atoms with Crippen molar-refractivity contribution in [3.8, 4) is 11.1 Å². The highest BCUT2D eigenvalue weighted by molar-refractivity contribution is 5.97. The van der Waals surface area contributed by atoms with Crippen LogP contribution in [-0.4, -0.2) is 30.9 Å². The first-order valence-electron chi connectivity index (χ1n) is 8.80. The monoisotopic (exact) mass is 337 g/mol. The number of carbonyl (C=O) groups is 2. The molecule has 0 aliphatic carbocycles. The van der Waals surface area contributed by atoms with Crippen LogP contribution in [0.5, 0.6) is 0 Å². The molecule has 4 nitrogen and oxygen atoms in total. The summed E-state index contributed by atoms with van der Waals surface area (Å²) in [4.78, 5) is 24.0. The molecule has 1 heterocycles. The lowest BCUT2D eigenvalue weighted by molar-refractivity contribution is -0.144. The zero-order valence-electron chi connectivity index (χ0n) is 14.2. The van der Waals surface area contributed by atoms with Gasteiger partial charge in [0.25, 0.3) is 0 Å². The quantitative estimate of drug-likeness (QED) is 0.619. The second kappa shape index (κ2) is 8.58. The van der Waals surface area contributed by atoms with Gasteiger partial charge < -0.3 is 10.1 Å². The van der Waals surface area contributed by atoms with Crippen molar-refractivity contribution >= 4 is 11.8 Å². The van der Waals surface area contributed by atoms with Gasteiger partial charge in [-0.05, 0) is 30.5 Å². The number of carbonyl (C=O) groups excluding carboxylic acids is 2. The normalized spacial score (nSPS) is 16.6. The molecule has 0 saturated carbocycles. The summed E-state index contributed by atoms with van der Waals surface area (Å²) in [5, 5.41) is 3.28. The molecule has 1 unspecified atom stereocenters. The molecule has 0 aromatic heterocycles. The van der Waals surface area contributed by atoms with Gasteiger partial charge in [0.1, 0.15) is 6.61 Å². The second-order valence-corrected chi connectivity index (χ2v) is 6.34. The Morgan fingerprint density at radius 2 is 1.68 bits per heavy atom. The Morgan fingerprint density at radius 1 is 0.960 bits per heavy atom. The summed E-state index contributed by atoms with van der Waals surface area (Å²) in [5.74, 6) is -0.335. The number of rotatable bonds is 7. The third kappa shape index (κ3) is 5.00. The maximum absolute atomic E-state index is 12.2. The maximum atomic E-state index is 12.2. The van der Waals surface area contributed by atoms with E-state index in [4.69, 9.17) is 4.74 Å². The molecular weight excluding hydrogens is 314 g/mol. The van der Waals surface area contributed by atoms with Crippen molar-refractivity contribution in [3.05, 3.63) is 60.2 Å². The minimum Gasteiger partial charge on any atom is -0.464 e. The van der Waals surface area contributed by atoms with Gasteiger partial charge in [0.05, 0.1) is 6.42 Å². The van der Waals surface area contributed by atoms with E-state index in [-0.39, 0.29) is 30.6 Å². The van der Waals surface area contributed by atoms with E-state index in [9.17, 15) is 9.59 Å². The molecule has 0 amide bonds. The van der Waals surface area contributed by atoms with Crippen LogP contribution in [0.4, 0.5) is 0 Å². The number of hydrogen-bond donors (Lipinski definition) is 1. The molecule has 0 radical (unpaired) electrons. The number of ketones is 1. The SMILES string of the molecule is O=C(CCC(=O)c1ccc(-c2ccccc2)cc1)OCC1CCCN1. The van der Waals surface area contributed by atoms with Gasteiger partial charge in [-0.2, -0.15) is 0 Å². The fraction of sp³-hybridized carbons (Fsp3) is 0.333. The minimum atomic E-state index is -0.303. The Bertz CT molecular complexity index is 704. The zero-order valence-corrected chi connectivity index (χ0v) is 14.2. The molecule has 0 spiro atoms. The van der Waals surface area contributed by atoms with Crippen LogP contribution in [0.25, 0.3) is 11.1 Å². The third-order valence-corrected chi connectivity index (χ3v) is 4.48. The Balaban J connectivity index is 1.47. The van der Waals surface area contributed by atoms with E-state index in [1.807, 2.05) is 54.6 Å². The summed E-state index contributed by atoms with van der Waals surface area (Å²) in [5.41, 5.74) is 2.82. The van der Waals surface area contributed by atoms with Crippen LogP contribution in [0, 0.1) is 0 Å². The number of benzene rings is 2. The lowest BCUT2D eigenvalue weighted by Gasteiger charge is -2.10. The van der Waals surface area contributed by atoms with Crippen LogP contribution in [-0.2, 0) is 9.53 Å². The molecule has 1 N–H and O–H groups in total. The van der Waals surface area contributed by atoms with Gasteiger partial charge >= 0.3 is 5.97 Å². The standard InChI is InChI=1S/C21H23NO3/c23-20(12-13-21(24)25-15-19-7-4-14-22-19)18-10-8-17(9-11-18)16-5-2-1-3-6-16/h1-3,5-6,8-11,19,22H,4,7,12-15H2. The van der Waals surface area contributed by atoms with Crippen molar-refractivity contribution in [3.63, 3.8) is 0 Å². The summed E-state index contributed by atoms with van der Waals surface area (Å²) >= 11 is 0. The van der Waals surface area contributed by atoms with Gasteiger partial charge in [0.2, 0.25) is 0 Å². The number of Topliss-reactive ketones (excluding diaryl/α,β-unsaturated/α-hetero) is 1. The highest BCUT2D eigenvalue weighted by Crippen LogP contribution is 2.20. The van der Waals surface area contributed by atoms with E-state index in [1.54, 1.807) is 0 Å². The Labute approximate surface area is 148 Å². The van der Waals surface area contributed by atoms with E-state index >= 15 is 0 Å². The van der Waals surface area contributed by atoms with Crippen molar-refractivity contribution in [2.24, 2.45) is 0 Å². The molecule has 2 aromatic carbocycles. The molecule has 1 fully saturated rings. The van der Waals surface area contributed by atoms with Crippen LogP contribution in [0.1, 0.15) is 36.0 Å². The fourth-order valence-corrected chi connectivity index (χ4v) is 3.00. The summed E-state index contributed by atoms with van der Waals surface area (Å²) in [6.07, 6.45) is 2.48. The first kappa shape index (κ1) is 17.4. The van der Waals surface area contributed by atoms with Crippen molar-refractivity contribution in [1.82, 2.24) is 5.32 Å². The van der Waals surface area contributed by atoms with Gasteiger partial charge in [-0.15, -0.1) is 0 Å². The third-order valence-electron chi connectivity index (χ3n) is 4.48. The van der Waals surface area contributed by atoms with Crippen LogP contribution >= 0.6 is 0 Å². The molecule has 2 aromatic rings. The average molecular weight is 337 g/mol. The molecule has 25 heavy (non-hydrogen) atoms. The van der Waals surface area contributed by atoms with E-state index in [0.29, 0.717) is 12.2 Å². The van der Waals surface area contributed by atoms with Crippen molar-refractivity contribution in [2.75, 3.05) is 13.2 Å². The van der Waals surface area contributed by atoms with Crippen molar-refractivity contribution in [1.29, 1.82) is 0 Å². The first-order valence-corrected chi connectivity index (χ1v) is 8.80. The summed E-state index contributed by atoms with van der Waals surface area (Å²) in [7, 11) is 0. The van der Waals surface area contributed by atoms with Crippen molar-refractivity contribution in [2.45, 2.75) is 31.7 Å². The topological polar surface area (TPSA) is 55.4 Å². The Hall–Kier alpha value is -2.46. The van der Waals surface area contributed by atoms with Crippen LogP contribution in [0.15, 0.2) is 54.6 Å². The van der Waals surface area contributed by atoms with Gasteiger partial charge in [-0.3, -0.25) is 9.59 Å². The first-order chi connectivity index (χ1) is 12.2. The molecule has 1 aliphatic heterocycles. The molecular formula is C21H23NO3. The summed E-state index contributed by atoms with van der Waals surface area (Å²) < 4.78 is 5.24. The summed E-state index contributed by atoms with van der Waals surface area (Å²) in [6.45, 7) is 1.39. The average Bonchev–Trinajstić information content (AvgIpc) is 3.19. The van der Waals surface area contributed by atoms with E-state index in [1.165, 1.54) is 0 Å². The van der Waals surface area contributed by atoms with Crippen LogP contribution < -0.4 is 5.32 Å². The predicted molar refractivity (Wildman–Crippen MR) is 97.4 cm³/mol. The van der Waals surface area contributed by atoms with Crippen molar-refractivity contribution < 1.29 is 14.3 Å². The lowest BCUT2D eigenvalue weighted by atomic mass is 10.0. The smallest absolute Gasteiger partial charge is 0.306 e. The highest BCUT2D eigenvalue weighted by Gasteiger charge is 2.16. The number of nitrogens with one attached hydrogen (secondary N) is 1. The van der Waals surface area contributed by atoms with Crippen LogP contribution in [0.3, 0.4) is 0 Å². The van der Waals surface area contributed by atoms with E-state index in [2.05, 4.69) is 5.32 Å².